The number of Topliss-reactive ketones (excluding diaryl/α,β-unsaturated/α-hetero) is 1. The molecule has 6 heterocycles. The molecule has 0 aliphatic carbocycles. The monoisotopic (exact) mass is 643 g/mol. The Kier molecular flexibility index (Phi) is 8.30. The number of rotatable bonds is 9. The van der Waals surface area contributed by atoms with Crippen LogP contribution in [0.1, 0.15) is 63.1 Å². The number of aromatic nitrogens is 4. The lowest BCUT2D eigenvalue weighted by Crippen LogP contribution is -2.50. The number of H-pyrrole nitrogens is 2. The van der Waals surface area contributed by atoms with Crippen LogP contribution >= 0.6 is 22.7 Å². The highest BCUT2D eigenvalue weighted by molar-refractivity contribution is 7.27. The molecular weight excluding hydrogens is 607 g/mol. The minimum Gasteiger partial charge on any atom is -0.453 e. The molecule has 0 saturated carbocycles. The van der Waals surface area contributed by atoms with Crippen LogP contribution in [0.5, 0.6) is 0 Å². The van der Waals surface area contributed by atoms with Gasteiger partial charge in [0.25, 0.3) is 0 Å². The first kappa shape index (κ1) is 29.8. The van der Waals surface area contributed by atoms with Crippen LogP contribution in [0.2, 0.25) is 0 Å². The third kappa shape index (κ3) is 5.60. The van der Waals surface area contributed by atoms with Crippen molar-refractivity contribution in [3.63, 3.8) is 0 Å². The minimum absolute atomic E-state index is 0.0305. The molecule has 7 rings (SSSR count). The first-order valence-electron chi connectivity index (χ1n) is 15.5. The Morgan fingerprint density at radius 2 is 1.76 bits per heavy atom. The van der Waals surface area contributed by atoms with E-state index in [0.29, 0.717) is 12.5 Å². The molecule has 4 aromatic heterocycles. The van der Waals surface area contributed by atoms with Gasteiger partial charge in [-0.15, -0.1) is 22.7 Å². The number of nitrogens with one attached hydrogen (secondary N) is 5. The maximum atomic E-state index is 13.3. The van der Waals surface area contributed by atoms with Crippen molar-refractivity contribution in [1.82, 2.24) is 35.9 Å². The van der Waals surface area contributed by atoms with E-state index in [0.717, 1.165) is 53.4 Å². The molecule has 4 atom stereocenters. The molecule has 1 amide bonds. The number of ether oxygens (including phenoxy) is 1. The van der Waals surface area contributed by atoms with Crippen LogP contribution in [-0.4, -0.2) is 57.6 Å². The Labute approximate surface area is 269 Å². The summed E-state index contributed by atoms with van der Waals surface area (Å²) < 4.78 is 7.20. The van der Waals surface area contributed by atoms with Crippen LogP contribution in [0.15, 0.2) is 47.5 Å². The summed E-state index contributed by atoms with van der Waals surface area (Å²) in [5, 5.41) is 14.2. The van der Waals surface area contributed by atoms with E-state index in [1.165, 1.54) is 34.1 Å². The molecule has 5 N–H and O–H groups in total. The van der Waals surface area contributed by atoms with Crippen molar-refractivity contribution in [2.24, 2.45) is 5.92 Å². The molecule has 2 fully saturated rings. The maximum Gasteiger partial charge on any atom is 0.407 e. The quantitative estimate of drug-likeness (QED) is 0.122. The number of carbonyl (C=O) groups excluding carboxylic acids is 2. The fourth-order valence-corrected chi connectivity index (χ4v) is 9.06. The Morgan fingerprint density at radius 1 is 0.978 bits per heavy atom. The summed E-state index contributed by atoms with van der Waals surface area (Å²) in [4.78, 5) is 41.6. The smallest absolute Gasteiger partial charge is 0.407 e. The predicted molar refractivity (Wildman–Crippen MR) is 178 cm³/mol. The molecule has 234 valence electrons. The number of fused-ring (bicyclic) bond motifs is 1. The molecule has 0 bridgehead atoms. The highest BCUT2D eigenvalue weighted by Crippen LogP contribution is 2.46. The standard InChI is InChI=1S/C33H37N7O3S2/c1-17(2)26(40-33(42)43-3)29(41)23-10-11-24(38-23)32-35-13-25(39-32)21-15-45-30-20(14-44-31(21)30)18-7-4-5-8-19(18)27-28(37-16-36-27)22-9-6-12-34-22/h4-5,7-8,13-17,22-24,26,34,38H,6,9-12H2,1-3H3,(H,35,39)(H,36,37)(H,40,42). The van der Waals surface area contributed by atoms with Gasteiger partial charge in [0, 0.05) is 33.5 Å². The van der Waals surface area contributed by atoms with Gasteiger partial charge in [0.15, 0.2) is 5.78 Å². The molecule has 45 heavy (non-hydrogen) atoms. The predicted octanol–water partition coefficient (Wildman–Crippen LogP) is 6.58. The number of thiophene rings is 2. The van der Waals surface area contributed by atoms with E-state index >= 15 is 0 Å². The highest BCUT2D eigenvalue weighted by Gasteiger charge is 2.37. The fraction of sp³-hybridized carbons (Fsp3) is 0.394. The number of benzene rings is 1. The average Bonchev–Trinajstić information content (AvgIpc) is 3.87. The van der Waals surface area contributed by atoms with E-state index in [4.69, 9.17) is 14.7 Å². The Morgan fingerprint density at radius 3 is 2.51 bits per heavy atom. The topological polar surface area (TPSA) is 137 Å². The minimum atomic E-state index is -0.614. The van der Waals surface area contributed by atoms with Crippen molar-refractivity contribution < 1.29 is 14.3 Å². The number of amides is 1. The zero-order valence-electron chi connectivity index (χ0n) is 25.5. The second kappa shape index (κ2) is 12.5. The molecular formula is C33H37N7O3S2. The van der Waals surface area contributed by atoms with Crippen LogP contribution in [0, 0.1) is 5.92 Å². The number of alkyl carbamates (subject to hydrolysis) is 1. The third-order valence-corrected chi connectivity index (χ3v) is 11.1. The zero-order valence-corrected chi connectivity index (χ0v) is 27.1. The summed E-state index contributed by atoms with van der Waals surface area (Å²) in [6, 6.07) is 7.80. The molecule has 4 unspecified atom stereocenters. The summed E-state index contributed by atoms with van der Waals surface area (Å²) >= 11 is 3.50. The highest BCUT2D eigenvalue weighted by atomic mass is 32.1. The molecule has 1 aromatic carbocycles. The molecule has 5 aromatic rings. The van der Waals surface area contributed by atoms with Gasteiger partial charge in [-0.3, -0.25) is 10.1 Å². The van der Waals surface area contributed by atoms with Gasteiger partial charge in [0.2, 0.25) is 0 Å². The van der Waals surface area contributed by atoms with E-state index in [9.17, 15) is 9.59 Å². The first-order valence-corrected chi connectivity index (χ1v) is 17.2. The number of hydrogen-bond acceptors (Lipinski definition) is 9. The van der Waals surface area contributed by atoms with Gasteiger partial charge in [0.1, 0.15) is 5.82 Å². The SMILES string of the molecule is COC(=O)NC(C(=O)C1CCC(c2ncc(-c3csc4c(-c5ccccc5-c5nc[nH]c5C5CCCN5)csc34)[nH]2)N1)C(C)C. The van der Waals surface area contributed by atoms with Gasteiger partial charge >= 0.3 is 6.09 Å². The van der Waals surface area contributed by atoms with E-state index in [2.05, 4.69) is 60.9 Å². The van der Waals surface area contributed by atoms with Crippen molar-refractivity contribution in [3.05, 3.63) is 59.1 Å². The van der Waals surface area contributed by atoms with Crippen LogP contribution < -0.4 is 16.0 Å². The number of hydrogen-bond donors (Lipinski definition) is 5. The Hall–Kier alpha value is -3.84. The molecule has 0 spiro atoms. The normalized spacial score (nSPS) is 20.7. The number of carbonyl (C=O) groups is 2. The first-order chi connectivity index (χ1) is 21.9. The van der Waals surface area contributed by atoms with Gasteiger partial charge in [-0.2, -0.15) is 0 Å². The Bertz CT molecular complexity index is 1830. The maximum absolute atomic E-state index is 13.3. The van der Waals surface area contributed by atoms with E-state index in [-0.39, 0.29) is 23.8 Å². The second-order valence-electron chi connectivity index (χ2n) is 12.1. The number of aromatic amines is 2. The van der Waals surface area contributed by atoms with Crippen molar-refractivity contribution in [2.75, 3.05) is 13.7 Å². The lowest BCUT2D eigenvalue weighted by atomic mass is 9.94. The largest absolute Gasteiger partial charge is 0.453 e. The summed E-state index contributed by atoms with van der Waals surface area (Å²) in [6.07, 6.45) is 6.84. The van der Waals surface area contributed by atoms with E-state index in [1.807, 2.05) is 26.4 Å². The number of imidazole rings is 2. The van der Waals surface area contributed by atoms with Crippen molar-refractivity contribution >= 4 is 43.9 Å². The Balaban J connectivity index is 1.12. The third-order valence-electron chi connectivity index (χ3n) is 8.97. The fourth-order valence-electron chi connectivity index (χ4n) is 6.64. The van der Waals surface area contributed by atoms with Gasteiger partial charge in [-0.25, -0.2) is 14.8 Å². The van der Waals surface area contributed by atoms with Crippen LogP contribution in [0.4, 0.5) is 4.79 Å². The molecule has 2 saturated heterocycles. The van der Waals surface area contributed by atoms with Gasteiger partial charge in [-0.1, -0.05) is 38.1 Å². The molecule has 12 heteroatoms. The summed E-state index contributed by atoms with van der Waals surface area (Å²) in [6.45, 7) is 4.87. The van der Waals surface area contributed by atoms with Crippen LogP contribution in [0.3, 0.4) is 0 Å². The lowest BCUT2D eigenvalue weighted by molar-refractivity contribution is -0.123. The van der Waals surface area contributed by atoms with E-state index < -0.39 is 12.1 Å². The summed E-state index contributed by atoms with van der Waals surface area (Å²) in [5.41, 5.74) is 7.80. The van der Waals surface area contributed by atoms with Crippen LogP contribution in [0.25, 0.3) is 43.0 Å². The summed E-state index contributed by atoms with van der Waals surface area (Å²) in [5.74, 6) is 0.731. The number of nitrogens with zero attached hydrogens (tertiary/aromatic N) is 2. The van der Waals surface area contributed by atoms with Crippen LogP contribution in [-0.2, 0) is 9.53 Å². The molecule has 0 radical (unpaired) electrons. The van der Waals surface area contributed by atoms with Crippen molar-refractivity contribution in [1.29, 1.82) is 0 Å². The van der Waals surface area contributed by atoms with Crippen molar-refractivity contribution in [3.8, 4) is 33.6 Å². The molecule has 2 aliphatic rings. The molecule has 2 aliphatic heterocycles. The number of ketones is 1. The number of methoxy groups -OCH3 is 1. The van der Waals surface area contributed by atoms with Gasteiger partial charge in [-0.05, 0) is 43.7 Å². The second-order valence-corrected chi connectivity index (χ2v) is 13.9. The lowest BCUT2D eigenvalue weighted by Gasteiger charge is -2.23. The zero-order chi connectivity index (χ0) is 31.1. The van der Waals surface area contributed by atoms with Crippen molar-refractivity contribution in [2.45, 2.75) is 63.7 Å². The van der Waals surface area contributed by atoms with E-state index in [1.54, 1.807) is 22.7 Å². The summed E-state index contributed by atoms with van der Waals surface area (Å²) in [7, 11) is 1.30. The molecule has 10 nitrogen and oxygen atoms in total. The van der Waals surface area contributed by atoms with Gasteiger partial charge in [0.05, 0.1) is 64.2 Å². The van der Waals surface area contributed by atoms with Gasteiger partial charge < -0.3 is 25.3 Å². The average molecular weight is 644 g/mol.